The van der Waals surface area contributed by atoms with Crippen molar-refractivity contribution in [3.63, 3.8) is 0 Å². The highest BCUT2D eigenvalue weighted by atomic mass is 32.2. The number of carbonyl (C=O) groups is 1. The lowest BCUT2D eigenvalue weighted by Crippen LogP contribution is -2.30. The van der Waals surface area contributed by atoms with E-state index in [1.54, 1.807) is 25.3 Å². The number of amides is 1. The van der Waals surface area contributed by atoms with E-state index in [0.717, 1.165) is 0 Å². The number of carbonyl (C=O) groups excluding carboxylic acids is 1. The summed E-state index contributed by atoms with van der Waals surface area (Å²) in [4.78, 5) is 15.7. The van der Waals surface area contributed by atoms with Crippen molar-refractivity contribution >= 4 is 17.7 Å². The van der Waals surface area contributed by atoms with E-state index in [1.807, 2.05) is 6.26 Å². The van der Waals surface area contributed by atoms with Crippen molar-refractivity contribution < 1.29 is 9.90 Å². The fraction of sp³-hybridized carbons (Fsp3) is 0.400. The molecule has 1 heterocycles. The first-order valence-electron chi connectivity index (χ1n) is 4.60. The van der Waals surface area contributed by atoms with Gasteiger partial charge in [-0.3, -0.25) is 4.79 Å². The van der Waals surface area contributed by atoms with E-state index in [-0.39, 0.29) is 12.5 Å². The molecule has 0 spiro atoms. The van der Waals surface area contributed by atoms with Crippen LogP contribution in [0.15, 0.2) is 23.4 Å². The minimum atomic E-state index is -0.539. The van der Waals surface area contributed by atoms with Crippen molar-refractivity contribution in [2.24, 2.45) is 0 Å². The maximum Gasteiger partial charge on any atom is 0.254 e. The van der Waals surface area contributed by atoms with Crippen LogP contribution in [0.2, 0.25) is 0 Å². The Bertz CT molecular complexity index is 342. The number of aromatic nitrogens is 1. The molecule has 0 aliphatic heterocycles. The summed E-state index contributed by atoms with van der Waals surface area (Å²) < 4.78 is 0. The summed E-state index contributed by atoms with van der Waals surface area (Å²) in [6, 6.07) is 3.44. The topological polar surface area (TPSA) is 62.2 Å². The van der Waals surface area contributed by atoms with Crippen molar-refractivity contribution in [2.45, 2.75) is 18.1 Å². The van der Waals surface area contributed by atoms with E-state index >= 15 is 0 Å². The third-order valence-corrected chi connectivity index (χ3v) is 2.48. The van der Waals surface area contributed by atoms with Crippen molar-refractivity contribution in [3.8, 4) is 0 Å². The molecule has 1 unspecified atom stereocenters. The number of pyridine rings is 1. The molecule has 0 saturated carbocycles. The maximum atomic E-state index is 11.7. The zero-order chi connectivity index (χ0) is 11.3. The molecule has 5 heteroatoms. The van der Waals surface area contributed by atoms with E-state index < -0.39 is 6.10 Å². The molecule has 0 aromatic carbocycles. The van der Waals surface area contributed by atoms with Gasteiger partial charge in [0.15, 0.2) is 0 Å². The number of aliphatic hydroxyl groups excluding tert-OH is 1. The molecule has 15 heavy (non-hydrogen) atoms. The van der Waals surface area contributed by atoms with Crippen molar-refractivity contribution in [1.82, 2.24) is 10.3 Å². The quantitative estimate of drug-likeness (QED) is 0.749. The SMILES string of the molecule is CSc1ncccc1C(=O)NCC(C)O. The summed E-state index contributed by atoms with van der Waals surface area (Å²) in [5.41, 5.74) is 0.547. The second-order valence-electron chi connectivity index (χ2n) is 3.12. The molecule has 1 aromatic heterocycles. The van der Waals surface area contributed by atoms with E-state index in [4.69, 9.17) is 5.11 Å². The maximum absolute atomic E-state index is 11.7. The van der Waals surface area contributed by atoms with Crippen molar-refractivity contribution in [3.05, 3.63) is 23.9 Å². The Morgan fingerprint density at radius 1 is 1.73 bits per heavy atom. The largest absolute Gasteiger partial charge is 0.392 e. The van der Waals surface area contributed by atoms with Gasteiger partial charge in [0, 0.05) is 12.7 Å². The minimum Gasteiger partial charge on any atom is -0.392 e. The standard InChI is InChI=1S/C10H14N2O2S/c1-7(13)6-12-9(14)8-4-3-5-11-10(8)15-2/h3-5,7,13H,6H2,1-2H3,(H,12,14). The second kappa shape index (κ2) is 5.72. The van der Waals surface area contributed by atoms with Gasteiger partial charge in [-0.2, -0.15) is 0 Å². The Balaban J connectivity index is 2.72. The van der Waals surface area contributed by atoms with Crippen LogP contribution < -0.4 is 5.32 Å². The smallest absolute Gasteiger partial charge is 0.254 e. The van der Waals surface area contributed by atoms with Crippen LogP contribution in [0, 0.1) is 0 Å². The van der Waals surface area contributed by atoms with Crippen molar-refractivity contribution in [2.75, 3.05) is 12.8 Å². The number of hydrogen-bond acceptors (Lipinski definition) is 4. The van der Waals surface area contributed by atoms with Gasteiger partial charge in [-0.05, 0) is 25.3 Å². The molecule has 1 aromatic rings. The first-order chi connectivity index (χ1) is 7.15. The highest BCUT2D eigenvalue weighted by molar-refractivity contribution is 7.98. The number of thioether (sulfide) groups is 1. The summed E-state index contributed by atoms with van der Waals surface area (Å²) >= 11 is 1.42. The normalized spacial score (nSPS) is 12.2. The van der Waals surface area contributed by atoms with Crippen LogP contribution in [0.25, 0.3) is 0 Å². The van der Waals surface area contributed by atoms with E-state index in [1.165, 1.54) is 11.8 Å². The van der Waals surface area contributed by atoms with Gasteiger partial charge in [0.1, 0.15) is 5.03 Å². The van der Waals surface area contributed by atoms with Gasteiger partial charge in [0.2, 0.25) is 0 Å². The highest BCUT2D eigenvalue weighted by Crippen LogP contribution is 2.16. The van der Waals surface area contributed by atoms with Gasteiger partial charge in [0.05, 0.1) is 11.7 Å². The molecule has 0 radical (unpaired) electrons. The zero-order valence-corrected chi connectivity index (χ0v) is 9.54. The van der Waals surface area contributed by atoms with Crippen LogP contribution in [0.1, 0.15) is 17.3 Å². The molecule has 1 rings (SSSR count). The Hall–Kier alpha value is -1.07. The average molecular weight is 226 g/mol. The van der Waals surface area contributed by atoms with Gasteiger partial charge in [-0.15, -0.1) is 11.8 Å². The Morgan fingerprint density at radius 2 is 2.47 bits per heavy atom. The predicted molar refractivity (Wildman–Crippen MR) is 60.0 cm³/mol. The highest BCUT2D eigenvalue weighted by Gasteiger charge is 2.11. The van der Waals surface area contributed by atoms with Crippen LogP contribution in [-0.2, 0) is 0 Å². The second-order valence-corrected chi connectivity index (χ2v) is 3.91. The predicted octanol–water partition coefficient (Wildman–Crippen LogP) is 0.914. The number of rotatable bonds is 4. The fourth-order valence-electron chi connectivity index (χ4n) is 1.06. The molecule has 82 valence electrons. The van der Waals surface area contributed by atoms with Gasteiger partial charge >= 0.3 is 0 Å². The van der Waals surface area contributed by atoms with Gasteiger partial charge < -0.3 is 10.4 Å². The lowest BCUT2D eigenvalue weighted by Gasteiger charge is -2.08. The first kappa shape index (κ1) is 12.0. The van der Waals surface area contributed by atoms with E-state index in [2.05, 4.69) is 10.3 Å². The number of nitrogens with zero attached hydrogens (tertiary/aromatic N) is 1. The zero-order valence-electron chi connectivity index (χ0n) is 8.73. The number of aliphatic hydroxyl groups is 1. The lowest BCUT2D eigenvalue weighted by atomic mass is 10.2. The molecule has 0 aliphatic carbocycles. The Kier molecular flexibility index (Phi) is 4.58. The van der Waals surface area contributed by atoms with Crippen LogP contribution >= 0.6 is 11.8 Å². The molecular weight excluding hydrogens is 212 g/mol. The summed E-state index contributed by atoms with van der Waals surface area (Å²) in [6.07, 6.45) is 2.98. The minimum absolute atomic E-state index is 0.201. The summed E-state index contributed by atoms with van der Waals surface area (Å²) in [5, 5.41) is 12.4. The van der Waals surface area contributed by atoms with Crippen molar-refractivity contribution in [1.29, 1.82) is 0 Å². The lowest BCUT2D eigenvalue weighted by molar-refractivity contribution is 0.0920. The fourth-order valence-corrected chi connectivity index (χ4v) is 1.61. The molecule has 4 nitrogen and oxygen atoms in total. The molecule has 1 atom stereocenters. The van der Waals surface area contributed by atoms with Gasteiger partial charge in [-0.1, -0.05) is 0 Å². The average Bonchev–Trinajstić information content (AvgIpc) is 2.25. The van der Waals surface area contributed by atoms with Gasteiger partial charge in [-0.25, -0.2) is 4.98 Å². The van der Waals surface area contributed by atoms with Gasteiger partial charge in [0.25, 0.3) is 5.91 Å². The summed E-state index contributed by atoms with van der Waals surface area (Å²) in [7, 11) is 0. The van der Waals surface area contributed by atoms with Crippen LogP contribution in [0.4, 0.5) is 0 Å². The molecule has 0 aliphatic rings. The van der Waals surface area contributed by atoms with Crippen LogP contribution in [-0.4, -0.2) is 34.9 Å². The summed E-state index contributed by atoms with van der Waals surface area (Å²) in [5.74, 6) is -0.201. The molecule has 1 amide bonds. The molecule has 0 saturated heterocycles. The van der Waals surface area contributed by atoms with E-state index in [0.29, 0.717) is 10.6 Å². The molecular formula is C10H14N2O2S. The third-order valence-electron chi connectivity index (χ3n) is 1.77. The Labute approximate surface area is 93.1 Å². The number of nitrogens with one attached hydrogen (secondary N) is 1. The first-order valence-corrected chi connectivity index (χ1v) is 5.83. The summed E-state index contributed by atoms with van der Waals surface area (Å²) in [6.45, 7) is 1.88. The Morgan fingerprint density at radius 3 is 3.07 bits per heavy atom. The van der Waals surface area contributed by atoms with Crippen LogP contribution in [0.3, 0.4) is 0 Å². The molecule has 2 N–H and O–H groups in total. The molecule has 0 bridgehead atoms. The molecule has 0 fully saturated rings. The number of hydrogen-bond donors (Lipinski definition) is 2. The monoisotopic (exact) mass is 226 g/mol. The third kappa shape index (κ3) is 3.53. The van der Waals surface area contributed by atoms with E-state index in [9.17, 15) is 4.79 Å². The van der Waals surface area contributed by atoms with Crippen LogP contribution in [0.5, 0.6) is 0 Å².